The van der Waals surface area contributed by atoms with Gasteiger partial charge >= 0.3 is 0 Å². The van der Waals surface area contributed by atoms with Crippen LogP contribution in [0.1, 0.15) is 11.3 Å². The fraction of sp³-hybridized carbons (Fsp3) is 0.0667. The first-order valence-electron chi connectivity index (χ1n) is 6.02. The number of pyridine rings is 1. The lowest BCUT2D eigenvalue weighted by Crippen LogP contribution is -2.08. The molecule has 0 amide bonds. The van der Waals surface area contributed by atoms with E-state index in [9.17, 15) is 0 Å². The molecule has 19 heavy (non-hydrogen) atoms. The van der Waals surface area contributed by atoms with Crippen molar-refractivity contribution in [3.63, 3.8) is 0 Å². The van der Waals surface area contributed by atoms with Gasteiger partial charge in [-0.1, -0.05) is 18.3 Å². The molecule has 3 aromatic rings. The summed E-state index contributed by atoms with van der Waals surface area (Å²) >= 11 is 5.00. The first-order chi connectivity index (χ1) is 9.24. The topological polar surface area (TPSA) is 43.8 Å². The van der Waals surface area contributed by atoms with Gasteiger partial charge < -0.3 is 10.3 Å². The number of rotatable bonds is 3. The van der Waals surface area contributed by atoms with Gasteiger partial charge in [0.2, 0.25) is 0 Å². The van der Waals surface area contributed by atoms with Crippen LogP contribution in [0.2, 0.25) is 0 Å². The van der Waals surface area contributed by atoms with Crippen molar-refractivity contribution in [3.05, 3.63) is 66.1 Å². The minimum Gasteiger partial charge on any atom is -0.389 e. The lowest BCUT2D eigenvalue weighted by atomic mass is 10.1. The molecule has 0 aliphatic carbocycles. The maximum Gasteiger partial charge on any atom is 0.104 e. The second kappa shape index (κ2) is 4.82. The standard InChI is InChI=1S/C15H13N3S/c16-15(19)12-4-5-14-11(9-12)6-8-18(14)10-13-3-1-2-7-17-13/h1-9H,10H2,(H2,16,19). The van der Waals surface area contributed by atoms with Gasteiger partial charge in [0, 0.05) is 28.9 Å². The van der Waals surface area contributed by atoms with E-state index < -0.39 is 0 Å². The van der Waals surface area contributed by atoms with Gasteiger partial charge in [0.1, 0.15) is 4.99 Å². The van der Waals surface area contributed by atoms with Gasteiger partial charge in [-0.2, -0.15) is 0 Å². The number of hydrogen-bond acceptors (Lipinski definition) is 2. The Hall–Kier alpha value is -2.20. The number of thiocarbonyl (C=S) groups is 1. The molecule has 94 valence electrons. The van der Waals surface area contributed by atoms with Crippen LogP contribution >= 0.6 is 12.2 Å². The summed E-state index contributed by atoms with van der Waals surface area (Å²) in [6.07, 6.45) is 3.87. The Morgan fingerprint density at radius 2 is 2.11 bits per heavy atom. The third-order valence-electron chi connectivity index (χ3n) is 3.11. The molecular weight excluding hydrogens is 254 g/mol. The number of fused-ring (bicyclic) bond motifs is 1. The molecule has 0 aliphatic heterocycles. The van der Waals surface area contributed by atoms with Crippen LogP contribution in [0.25, 0.3) is 10.9 Å². The van der Waals surface area contributed by atoms with Gasteiger partial charge in [0.05, 0.1) is 12.2 Å². The van der Waals surface area contributed by atoms with Crippen LogP contribution in [0, 0.1) is 0 Å². The smallest absolute Gasteiger partial charge is 0.104 e. The van der Waals surface area contributed by atoms with Gasteiger partial charge in [-0.05, 0) is 36.4 Å². The third kappa shape index (κ3) is 2.35. The van der Waals surface area contributed by atoms with Gasteiger partial charge in [0.25, 0.3) is 0 Å². The largest absolute Gasteiger partial charge is 0.389 e. The molecule has 0 saturated carbocycles. The highest BCUT2D eigenvalue weighted by atomic mass is 32.1. The van der Waals surface area contributed by atoms with Crippen LogP contribution in [-0.4, -0.2) is 14.5 Å². The zero-order valence-corrected chi connectivity index (χ0v) is 11.1. The van der Waals surface area contributed by atoms with Crippen molar-refractivity contribution in [2.24, 2.45) is 5.73 Å². The molecule has 0 aliphatic rings. The Morgan fingerprint density at radius 3 is 2.84 bits per heavy atom. The van der Waals surface area contributed by atoms with Crippen molar-refractivity contribution in [1.82, 2.24) is 9.55 Å². The van der Waals surface area contributed by atoms with E-state index in [-0.39, 0.29) is 0 Å². The van der Waals surface area contributed by atoms with Crippen LogP contribution in [-0.2, 0) is 6.54 Å². The predicted octanol–water partition coefficient (Wildman–Crippen LogP) is 2.72. The fourth-order valence-corrected chi connectivity index (χ4v) is 2.28. The van der Waals surface area contributed by atoms with Crippen molar-refractivity contribution >= 4 is 28.1 Å². The Morgan fingerprint density at radius 1 is 1.21 bits per heavy atom. The molecule has 2 heterocycles. The van der Waals surface area contributed by atoms with Crippen molar-refractivity contribution in [2.75, 3.05) is 0 Å². The van der Waals surface area contributed by atoms with Gasteiger partial charge in [-0.15, -0.1) is 0 Å². The predicted molar refractivity (Wildman–Crippen MR) is 81.2 cm³/mol. The average Bonchev–Trinajstić information content (AvgIpc) is 2.82. The van der Waals surface area contributed by atoms with Crippen LogP contribution in [0.3, 0.4) is 0 Å². The third-order valence-corrected chi connectivity index (χ3v) is 3.35. The zero-order valence-electron chi connectivity index (χ0n) is 10.3. The Bertz CT molecular complexity index is 731. The highest BCUT2D eigenvalue weighted by molar-refractivity contribution is 7.80. The lowest BCUT2D eigenvalue weighted by molar-refractivity contribution is 0.807. The fourth-order valence-electron chi connectivity index (χ4n) is 2.16. The molecule has 0 atom stereocenters. The molecule has 0 bridgehead atoms. The highest BCUT2D eigenvalue weighted by Gasteiger charge is 2.04. The van der Waals surface area contributed by atoms with Gasteiger partial charge in [-0.25, -0.2) is 0 Å². The minimum absolute atomic E-state index is 0.430. The lowest BCUT2D eigenvalue weighted by Gasteiger charge is -2.05. The first kappa shape index (κ1) is 11.9. The van der Waals surface area contributed by atoms with E-state index in [0.717, 1.165) is 28.7 Å². The molecule has 0 unspecified atom stereocenters. The number of benzene rings is 1. The van der Waals surface area contributed by atoms with E-state index in [2.05, 4.69) is 21.8 Å². The van der Waals surface area contributed by atoms with Crippen molar-refractivity contribution in [1.29, 1.82) is 0 Å². The first-order valence-corrected chi connectivity index (χ1v) is 6.43. The Balaban J connectivity index is 1.99. The van der Waals surface area contributed by atoms with Crippen LogP contribution in [0.15, 0.2) is 54.9 Å². The van der Waals surface area contributed by atoms with E-state index in [4.69, 9.17) is 18.0 Å². The molecule has 0 saturated heterocycles. The summed E-state index contributed by atoms with van der Waals surface area (Å²) in [5.74, 6) is 0. The minimum atomic E-state index is 0.430. The molecule has 4 heteroatoms. The second-order valence-corrected chi connectivity index (χ2v) is 4.84. The zero-order chi connectivity index (χ0) is 13.2. The van der Waals surface area contributed by atoms with E-state index in [1.165, 1.54) is 0 Å². The van der Waals surface area contributed by atoms with Crippen molar-refractivity contribution in [3.8, 4) is 0 Å². The average molecular weight is 267 g/mol. The van der Waals surface area contributed by atoms with Crippen LogP contribution < -0.4 is 5.73 Å². The Labute approximate surface area is 116 Å². The van der Waals surface area contributed by atoms with Crippen LogP contribution in [0.4, 0.5) is 0 Å². The summed E-state index contributed by atoms with van der Waals surface area (Å²) in [5, 5.41) is 1.14. The van der Waals surface area contributed by atoms with Crippen molar-refractivity contribution in [2.45, 2.75) is 6.54 Å². The second-order valence-electron chi connectivity index (χ2n) is 4.40. The summed E-state index contributed by atoms with van der Waals surface area (Å²) in [4.78, 5) is 4.77. The maximum absolute atomic E-state index is 5.65. The monoisotopic (exact) mass is 267 g/mol. The normalized spacial score (nSPS) is 10.7. The molecule has 0 fully saturated rings. The Kier molecular flexibility index (Phi) is 3.01. The molecule has 0 radical (unpaired) electrons. The highest BCUT2D eigenvalue weighted by Crippen LogP contribution is 2.18. The molecule has 3 nitrogen and oxygen atoms in total. The van der Waals surface area contributed by atoms with Gasteiger partial charge in [0.15, 0.2) is 0 Å². The van der Waals surface area contributed by atoms with E-state index in [0.29, 0.717) is 4.99 Å². The van der Waals surface area contributed by atoms with Crippen LogP contribution in [0.5, 0.6) is 0 Å². The molecular formula is C15H13N3S. The summed E-state index contributed by atoms with van der Waals surface area (Å²) in [7, 11) is 0. The SMILES string of the molecule is NC(=S)c1ccc2c(ccn2Cc2ccccn2)c1. The summed E-state index contributed by atoms with van der Waals surface area (Å²) in [6.45, 7) is 0.761. The quantitative estimate of drug-likeness (QED) is 0.742. The number of aromatic nitrogens is 2. The summed E-state index contributed by atoms with van der Waals surface area (Å²) < 4.78 is 2.17. The number of nitrogens with zero attached hydrogens (tertiary/aromatic N) is 2. The molecule has 2 aromatic heterocycles. The maximum atomic E-state index is 5.65. The van der Waals surface area contributed by atoms with Crippen molar-refractivity contribution < 1.29 is 0 Å². The number of hydrogen-bond donors (Lipinski definition) is 1. The molecule has 2 N–H and O–H groups in total. The summed E-state index contributed by atoms with van der Waals surface area (Å²) in [5.41, 5.74) is 8.75. The summed E-state index contributed by atoms with van der Waals surface area (Å²) in [6, 6.07) is 14.0. The molecule has 0 spiro atoms. The van der Waals surface area contributed by atoms with Gasteiger partial charge in [-0.3, -0.25) is 4.98 Å². The molecule has 3 rings (SSSR count). The van der Waals surface area contributed by atoms with E-state index in [1.54, 1.807) is 0 Å². The van der Waals surface area contributed by atoms with E-state index >= 15 is 0 Å². The van der Waals surface area contributed by atoms with E-state index in [1.807, 2.05) is 42.6 Å². The molecule has 1 aromatic carbocycles. The number of nitrogens with two attached hydrogens (primary N) is 1.